The average molecular weight is 481 g/mol. The normalized spacial score (nSPS) is 12.2. The molecule has 2 aromatic carbocycles. The van der Waals surface area contributed by atoms with Crippen molar-refractivity contribution in [1.29, 1.82) is 0 Å². The van der Waals surface area contributed by atoms with Crippen molar-refractivity contribution >= 4 is 46.1 Å². The summed E-state index contributed by atoms with van der Waals surface area (Å²) >= 11 is 10.1. The van der Waals surface area contributed by atoms with Gasteiger partial charge in [0.05, 0.1) is 0 Å². The first-order valence-corrected chi connectivity index (χ1v) is 10.4. The topological polar surface area (TPSA) is 72.8 Å². The van der Waals surface area contributed by atoms with Gasteiger partial charge in [0.1, 0.15) is 18.0 Å². The lowest BCUT2D eigenvalue weighted by molar-refractivity contribution is -0.122. The minimum Gasteiger partial charge on any atom is -0.362 e. The second-order valence-electron chi connectivity index (χ2n) is 6.53. The summed E-state index contributed by atoms with van der Waals surface area (Å²) in [5.74, 6) is 0. The number of rotatable bonds is 7. The Bertz CT molecular complexity index is 973. The standard InChI is InChI=1S/C21H23F3N6S2/c1-3-25-19(31)29-28-18(16-11-9-14(2)10-12-16)17(15-7-5-4-6-8-15)27-30-20(32)26-13-21(22,23)24/h4-12H,3,13H2,1-2H3,(H2,25,29,31)(H2,26,30,32). The highest BCUT2D eigenvalue weighted by Gasteiger charge is 2.27. The van der Waals surface area contributed by atoms with Crippen LogP contribution in [0.3, 0.4) is 0 Å². The van der Waals surface area contributed by atoms with Crippen LogP contribution in [-0.4, -0.2) is 40.9 Å². The monoisotopic (exact) mass is 480 g/mol. The van der Waals surface area contributed by atoms with Crippen LogP contribution in [0.4, 0.5) is 13.2 Å². The molecule has 2 aromatic rings. The van der Waals surface area contributed by atoms with E-state index < -0.39 is 12.7 Å². The van der Waals surface area contributed by atoms with Gasteiger partial charge in [0.15, 0.2) is 10.2 Å². The van der Waals surface area contributed by atoms with Crippen LogP contribution >= 0.6 is 24.4 Å². The molecule has 0 saturated heterocycles. The fourth-order valence-corrected chi connectivity index (χ4v) is 2.76. The van der Waals surface area contributed by atoms with E-state index in [0.717, 1.165) is 11.1 Å². The van der Waals surface area contributed by atoms with Crippen LogP contribution in [0.15, 0.2) is 64.8 Å². The van der Waals surface area contributed by atoms with Gasteiger partial charge in [0.25, 0.3) is 0 Å². The zero-order chi connectivity index (χ0) is 23.6. The molecule has 0 fully saturated rings. The highest BCUT2D eigenvalue weighted by atomic mass is 32.1. The zero-order valence-corrected chi connectivity index (χ0v) is 19.1. The number of aryl methyl sites for hydroxylation is 1. The summed E-state index contributed by atoms with van der Waals surface area (Å²) < 4.78 is 37.4. The molecule has 2 rings (SSSR count). The van der Waals surface area contributed by atoms with Crippen LogP contribution in [0.5, 0.6) is 0 Å². The lowest BCUT2D eigenvalue weighted by Crippen LogP contribution is -2.39. The molecule has 0 saturated carbocycles. The number of nitrogens with one attached hydrogen (secondary N) is 4. The van der Waals surface area contributed by atoms with Gasteiger partial charge in [-0.25, -0.2) is 0 Å². The van der Waals surface area contributed by atoms with Gasteiger partial charge >= 0.3 is 6.18 Å². The molecule has 0 atom stereocenters. The SMILES string of the molecule is CCNC(=S)NN=C(C(=NNC(=S)NCC(F)(F)F)c1ccccc1)c1ccc(C)cc1. The maximum Gasteiger partial charge on any atom is 0.405 e. The first-order chi connectivity index (χ1) is 15.2. The van der Waals surface area contributed by atoms with Crippen molar-refractivity contribution in [2.24, 2.45) is 10.2 Å². The number of hydrogen-bond donors (Lipinski definition) is 4. The van der Waals surface area contributed by atoms with Gasteiger partial charge in [-0.05, 0) is 38.3 Å². The van der Waals surface area contributed by atoms with Crippen molar-refractivity contribution in [1.82, 2.24) is 21.5 Å². The number of benzene rings is 2. The molecule has 0 aliphatic heterocycles. The number of hydrogen-bond acceptors (Lipinski definition) is 4. The first kappa shape index (κ1) is 25.2. The maximum atomic E-state index is 12.5. The van der Waals surface area contributed by atoms with E-state index in [1.807, 2.05) is 56.3 Å². The molecule has 0 bridgehead atoms. The summed E-state index contributed by atoms with van der Waals surface area (Å²) in [5.41, 5.74) is 8.49. The molecule has 0 aliphatic carbocycles. The zero-order valence-electron chi connectivity index (χ0n) is 17.5. The number of hydrazone groups is 2. The number of nitrogens with zero attached hydrogens (tertiary/aromatic N) is 2. The summed E-state index contributed by atoms with van der Waals surface area (Å²) in [6.07, 6.45) is -4.40. The second kappa shape index (κ2) is 12.1. The summed E-state index contributed by atoms with van der Waals surface area (Å²) in [5, 5.41) is 13.8. The van der Waals surface area contributed by atoms with Crippen LogP contribution in [0.1, 0.15) is 23.6 Å². The number of alkyl halides is 3. The molecular weight excluding hydrogens is 457 g/mol. The molecule has 0 amide bonds. The average Bonchev–Trinajstić information content (AvgIpc) is 2.75. The van der Waals surface area contributed by atoms with Crippen LogP contribution in [-0.2, 0) is 0 Å². The smallest absolute Gasteiger partial charge is 0.362 e. The van der Waals surface area contributed by atoms with Crippen molar-refractivity contribution in [3.8, 4) is 0 Å². The van der Waals surface area contributed by atoms with Gasteiger partial charge < -0.3 is 10.6 Å². The van der Waals surface area contributed by atoms with Gasteiger partial charge in [-0.15, -0.1) is 0 Å². The molecule has 4 N–H and O–H groups in total. The molecule has 32 heavy (non-hydrogen) atoms. The van der Waals surface area contributed by atoms with Gasteiger partial charge in [0, 0.05) is 17.7 Å². The van der Waals surface area contributed by atoms with Crippen molar-refractivity contribution in [2.75, 3.05) is 13.1 Å². The predicted molar refractivity (Wildman–Crippen MR) is 130 cm³/mol. The van der Waals surface area contributed by atoms with E-state index in [0.29, 0.717) is 28.6 Å². The molecule has 0 unspecified atom stereocenters. The summed E-state index contributed by atoms with van der Waals surface area (Å²) in [6, 6.07) is 16.6. The Morgan fingerprint density at radius 1 is 0.812 bits per heavy atom. The highest BCUT2D eigenvalue weighted by Crippen LogP contribution is 2.13. The van der Waals surface area contributed by atoms with Gasteiger partial charge in [0.2, 0.25) is 0 Å². The Balaban J connectivity index is 2.44. The molecule has 0 heterocycles. The highest BCUT2D eigenvalue weighted by molar-refractivity contribution is 7.80. The fraction of sp³-hybridized carbons (Fsp3) is 0.238. The van der Waals surface area contributed by atoms with E-state index in [9.17, 15) is 13.2 Å². The summed E-state index contributed by atoms with van der Waals surface area (Å²) in [6.45, 7) is 3.19. The minimum atomic E-state index is -4.40. The van der Waals surface area contributed by atoms with Crippen molar-refractivity contribution in [3.63, 3.8) is 0 Å². The van der Waals surface area contributed by atoms with Crippen molar-refractivity contribution in [3.05, 3.63) is 71.3 Å². The van der Waals surface area contributed by atoms with E-state index >= 15 is 0 Å². The molecule has 0 aliphatic rings. The number of halogens is 3. The van der Waals surface area contributed by atoms with Gasteiger partial charge in [-0.2, -0.15) is 23.4 Å². The Morgan fingerprint density at radius 3 is 1.81 bits per heavy atom. The molecule has 0 radical (unpaired) electrons. The van der Waals surface area contributed by atoms with E-state index in [-0.39, 0.29) is 5.11 Å². The van der Waals surface area contributed by atoms with Gasteiger partial charge in [-0.1, -0.05) is 60.2 Å². The van der Waals surface area contributed by atoms with E-state index in [1.165, 1.54) is 0 Å². The molecule has 0 aromatic heterocycles. The maximum absolute atomic E-state index is 12.5. The Labute approximate surface area is 195 Å². The lowest BCUT2D eigenvalue weighted by atomic mass is 9.99. The number of thiocarbonyl (C=S) groups is 2. The van der Waals surface area contributed by atoms with E-state index in [2.05, 4.69) is 31.7 Å². The Kier molecular flexibility index (Phi) is 9.54. The second-order valence-corrected chi connectivity index (χ2v) is 7.35. The third-order valence-corrected chi connectivity index (χ3v) is 4.39. The Morgan fingerprint density at radius 2 is 1.31 bits per heavy atom. The van der Waals surface area contributed by atoms with Crippen LogP contribution in [0.25, 0.3) is 0 Å². The van der Waals surface area contributed by atoms with E-state index in [4.69, 9.17) is 24.4 Å². The third-order valence-electron chi connectivity index (χ3n) is 3.92. The minimum absolute atomic E-state index is 0.268. The van der Waals surface area contributed by atoms with Crippen molar-refractivity contribution < 1.29 is 13.2 Å². The third kappa shape index (κ3) is 8.60. The lowest BCUT2D eigenvalue weighted by Gasteiger charge is -2.14. The summed E-state index contributed by atoms with van der Waals surface area (Å²) in [4.78, 5) is 0. The van der Waals surface area contributed by atoms with Crippen LogP contribution < -0.4 is 21.5 Å². The predicted octanol–water partition coefficient (Wildman–Crippen LogP) is 3.61. The first-order valence-electron chi connectivity index (χ1n) is 9.62. The molecular formula is C21H23F3N6S2. The van der Waals surface area contributed by atoms with Crippen molar-refractivity contribution in [2.45, 2.75) is 20.0 Å². The Hall–Kier alpha value is -3.05. The summed E-state index contributed by atoms with van der Waals surface area (Å²) in [7, 11) is 0. The molecule has 170 valence electrons. The van der Waals surface area contributed by atoms with E-state index in [1.54, 1.807) is 12.1 Å². The quantitative estimate of drug-likeness (QED) is 0.276. The largest absolute Gasteiger partial charge is 0.405 e. The van der Waals surface area contributed by atoms with Crippen LogP contribution in [0, 0.1) is 6.92 Å². The molecule has 6 nitrogen and oxygen atoms in total. The molecule has 0 spiro atoms. The van der Waals surface area contributed by atoms with Gasteiger partial charge in [-0.3, -0.25) is 10.9 Å². The van der Waals surface area contributed by atoms with Crippen LogP contribution in [0.2, 0.25) is 0 Å². The molecule has 11 heteroatoms. The fourth-order valence-electron chi connectivity index (χ4n) is 2.45.